The van der Waals surface area contributed by atoms with Gasteiger partial charge in [0.1, 0.15) is 11.2 Å². The number of nitrogens with one attached hydrogen (secondary N) is 1. The fourth-order valence-corrected chi connectivity index (χ4v) is 3.48. The smallest absolute Gasteiger partial charge is 0.388 e. The summed E-state index contributed by atoms with van der Waals surface area (Å²) in [4.78, 5) is 16.9. The van der Waals surface area contributed by atoms with Crippen LogP contribution in [0.25, 0.3) is 11.1 Å². The number of rotatable bonds is 6. The zero-order valence-electron chi connectivity index (χ0n) is 16.6. The molecule has 0 bridgehead atoms. The van der Waals surface area contributed by atoms with Crippen molar-refractivity contribution in [2.75, 3.05) is 18.5 Å². The Morgan fingerprint density at radius 2 is 1.81 bits per heavy atom. The third-order valence-electron chi connectivity index (χ3n) is 5.28. The van der Waals surface area contributed by atoms with Crippen LogP contribution in [0.5, 0.6) is 5.88 Å². The van der Waals surface area contributed by atoms with Gasteiger partial charge in [-0.15, -0.1) is 0 Å². The number of anilines is 1. The SMILES string of the molecule is Cc1cc(OC(F)F)ncc1-c1ccc(C2(C(=O)Nc3ccc(F)cc3)COC2)cc1. The zero-order valence-corrected chi connectivity index (χ0v) is 16.6. The van der Waals surface area contributed by atoms with Crippen LogP contribution in [-0.2, 0) is 14.9 Å². The minimum Gasteiger partial charge on any atom is -0.417 e. The molecule has 0 radical (unpaired) electrons. The topological polar surface area (TPSA) is 60.5 Å². The van der Waals surface area contributed by atoms with Gasteiger partial charge in [0, 0.05) is 23.5 Å². The van der Waals surface area contributed by atoms with Crippen molar-refractivity contribution in [1.82, 2.24) is 4.98 Å². The highest BCUT2D eigenvalue weighted by molar-refractivity contribution is 6.00. The van der Waals surface area contributed by atoms with E-state index in [2.05, 4.69) is 15.0 Å². The number of hydrogen-bond acceptors (Lipinski definition) is 4. The van der Waals surface area contributed by atoms with Crippen molar-refractivity contribution in [2.45, 2.75) is 19.0 Å². The lowest BCUT2D eigenvalue weighted by Crippen LogP contribution is -2.55. The van der Waals surface area contributed by atoms with Crippen LogP contribution in [-0.4, -0.2) is 30.7 Å². The fourth-order valence-electron chi connectivity index (χ4n) is 3.48. The number of amides is 1. The maximum absolute atomic E-state index is 13.1. The molecular formula is C23H19F3N2O3. The van der Waals surface area contributed by atoms with Crippen LogP contribution in [0.3, 0.4) is 0 Å². The van der Waals surface area contributed by atoms with Crippen LogP contribution in [0, 0.1) is 12.7 Å². The number of aryl methyl sites for hydroxylation is 1. The number of aromatic nitrogens is 1. The molecular weight excluding hydrogens is 409 g/mol. The molecule has 0 spiro atoms. The monoisotopic (exact) mass is 428 g/mol. The molecule has 0 unspecified atom stereocenters. The van der Waals surface area contributed by atoms with Gasteiger partial charge < -0.3 is 14.8 Å². The van der Waals surface area contributed by atoms with Gasteiger partial charge in [0.2, 0.25) is 11.8 Å². The molecule has 5 nitrogen and oxygen atoms in total. The maximum atomic E-state index is 13.1. The lowest BCUT2D eigenvalue weighted by atomic mass is 9.77. The molecule has 0 saturated carbocycles. The Morgan fingerprint density at radius 1 is 1.13 bits per heavy atom. The summed E-state index contributed by atoms with van der Waals surface area (Å²) in [6, 6.07) is 14.4. The number of pyridine rings is 1. The first-order valence-electron chi connectivity index (χ1n) is 9.54. The number of halogens is 3. The predicted octanol–water partition coefficient (Wildman–Crippen LogP) is 4.70. The second kappa shape index (κ2) is 8.39. The van der Waals surface area contributed by atoms with E-state index in [0.717, 1.165) is 22.3 Å². The maximum Gasteiger partial charge on any atom is 0.388 e. The molecule has 3 aromatic rings. The van der Waals surface area contributed by atoms with E-state index in [1.807, 2.05) is 24.3 Å². The van der Waals surface area contributed by atoms with E-state index in [-0.39, 0.29) is 30.8 Å². The highest BCUT2D eigenvalue weighted by Gasteiger charge is 2.47. The highest BCUT2D eigenvalue weighted by atomic mass is 19.3. The molecule has 1 amide bonds. The van der Waals surface area contributed by atoms with E-state index < -0.39 is 12.0 Å². The Hall–Kier alpha value is -3.39. The molecule has 31 heavy (non-hydrogen) atoms. The van der Waals surface area contributed by atoms with Crippen molar-refractivity contribution in [1.29, 1.82) is 0 Å². The van der Waals surface area contributed by atoms with Gasteiger partial charge in [0.25, 0.3) is 0 Å². The predicted molar refractivity (Wildman–Crippen MR) is 109 cm³/mol. The second-order valence-electron chi connectivity index (χ2n) is 7.33. The van der Waals surface area contributed by atoms with Gasteiger partial charge in [0.05, 0.1) is 13.2 Å². The molecule has 0 aliphatic carbocycles. The van der Waals surface area contributed by atoms with Crippen molar-refractivity contribution in [2.24, 2.45) is 0 Å². The first-order chi connectivity index (χ1) is 14.9. The van der Waals surface area contributed by atoms with Crippen LogP contribution >= 0.6 is 0 Å². The molecule has 2 heterocycles. The average molecular weight is 428 g/mol. The third-order valence-corrected chi connectivity index (χ3v) is 5.28. The highest BCUT2D eigenvalue weighted by Crippen LogP contribution is 2.35. The van der Waals surface area contributed by atoms with Gasteiger partial charge in [0.15, 0.2) is 0 Å². The van der Waals surface area contributed by atoms with E-state index in [4.69, 9.17) is 4.74 Å². The molecule has 0 atom stereocenters. The van der Waals surface area contributed by atoms with Crippen LogP contribution in [0.1, 0.15) is 11.1 Å². The number of nitrogens with zero attached hydrogens (tertiary/aromatic N) is 1. The van der Waals surface area contributed by atoms with Gasteiger partial charge in [-0.2, -0.15) is 8.78 Å². The number of alkyl halides is 2. The Balaban J connectivity index is 1.55. The van der Waals surface area contributed by atoms with Crippen LogP contribution in [0.4, 0.5) is 18.9 Å². The molecule has 1 aliphatic rings. The summed E-state index contributed by atoms with van der Waals surface area (Å²) in [6.45, 7) is -0.682. The van der Waals surface area contributed by atoms with Crippen molar-refractivity contribution in [3.8, 4) is 17.0 Å². The van der Waals surface area contributed by atoms with Gasteiger partial charge in [-0.1, -0.05) is 24.3 Å². The standard InChI is InChI=1S/C23H19F3N2O3/c1-14-10-20(31-22(25)26)27-11-19(14)15-2-4-16(5-3-15)23(12-30-13-23)21(29)28-18-8-6-17(24)7-9-18/h2-11,22H,12-13H2,1H3,(H,28,29). The average Bonchev–Trinajstić information content (AvgIpc) is 2.69. The number of benzene rings is 2. The Bertz CT molecular complexity index is 1080. The Labute approximate surface area is 176 Å². The third kappa shape index (κ3) is 4.25. The number of carbonyl (C=O) groups is 1. The fraction of sp³-hybridized carbons (Fsp3) is 0.217. The van der Waals surface area contributed by atoms with Crippen LogP contribution in [0.15, 0.2) is 60.8 Å². The van der Waals surface area contributed by atoms with Crippen molar-refractivity contribution in [3.63, 3.8) is 0 Å². The lowest BCUT2D eigenvalue weighted by molar-refractivity contribution is -0.139. The van der Waals surface area contributed by atoms with Crippen molar-refractivity contribution in [3.05, 3.63) is 77.7 Å². The first kappa shape index (κ1) is 20.9. The van der Waals surface area contributed by atoms with Crippen molar-refractivity contribution >= 4 is 11.6 Å². The van der Waals surface area contributed by atoms with Crippen LogP contribution < -0.4 is 10.1 Å². The van der Waals surface area contributed by atoms with E-state index in [1.165, 1.54) is 36.5 Å². The summed E-state index contributed by atoms with van der Waals surface area (Å²) in [5, 5.41) is 2.82. The minimum atomic E-state index is -2.93. The number of hydrogen-bond donors (Lipinski definition) is 1. The van der Waals surface area contributed by atoms with E-state index in [1.54, 1.807) is 6.92 Å². The summed E-state index contributed by atoms with van der Waals surface area (Å²) in [5.74, 6) is -0.755. The molecule has 160 valence electrons. The normalized spacial score (nSPS) is 14.7. The lowest BCUT2D eigenvalue weighted by Gasteiger charge is -2.40. The first-order valence-corrected chi connectivity index (χ1v) is 9.54. The van der Waals surface area contributed by atoms with E-state index in [0.29, 0.717) is 5.69 Å². The molecule has 1 aliphatic heterocycles. The summed E-state index contributed by atoms with van der Waals surface area (Å²) < 4.78 is 47.5. The molecule has 1 saturated heterocycles. The van der Waals surface area contributed by atoms with Gasteiger partial charge in [-0.25, -0.2) is 9.37 Å². The number of carbonyl (C=O) groups excluding carboxylic acids is 1. The molecule has 1 fully saturated rings. The van der Waals surface area contributed by atoms with Gasteiger partial charge in [-0.05, 0) is 47.9 Å². The number of ether oxygens (including phenoxy) is 2. The molecule has 8 heteroatoms. The summed E-state index contributed by atoms with van der Waals surface area (Å²) in [5.41, 5.74) is 2.77. The Kier molecular flexibility index (Phi) is 5.65. The summed E-state index contributed by atoms with van der Waals surface area (Å²) >= 11 is 0. The van der Waals surface area contributed by atoms with Gasteiger partial charge >= 0.3 is 6.61 Å². The summed E-state index contributed by atoms with van der Waals surface area (Å²) in [7, 11) is 0. The Morgan fingerprint density at radius 3 is 2.35 bits per heavy atom. The summed E-state index contributed by atoms with van der Waals surface area (Å²) in [6.07, 6.45) is 1.48. The molecule has 1 aromatic heterocycles. The van der Waals surface area contributed by atoms with E-state index in [9.17, 15) is 18.0 Å². The quantitative estimate of drug-likeness (QED) is 0.618. The molecule has 2 aromatic carbocycles. The van der Waals surface area contributed by atoms with Crippen LogP contribution in [0.2, 0.25) is 0 Å². The van der Waals surface area contributed by atoms with Gasteiger partial charge in [-0.3, -0.25) is 4.79 Å². The zero-order chi connectivity index (χ0) is 22.0. The van der Waals surface area contributed by atoms with Crippen molar-refractivity contribution < 1.29 is 27.4 Å². The molecule has 4 rings (SSSR count). The van der Waals surface area contributed by atoms with E-state index >= 15 is 0 Å². The minimum absolute atomic E-state index is 0.143. The second-order valence-corrected chi connectivity index (χ2v) is 7.33. The largest absolute Gasteiger partial charge is 0.417 e. The molecule has 1 N–H and O–H groups in total.